The van der Waals surface area contributed by atoms with Gasteiger partial charge in [-0.05, 0) is 12.1 Å². The molecular formula is C19H27N3O3. The lowest BCUT2D eigenvalue weighted by atomic mass is 9.92. The van der Waals surface area contributed by atoms with E-state index in [4.69, 9.17) is 4.74 Å². The molecule has 0 aliphatic rings. The topological polar surface area (TPSA) is 67.6 Å². The molecule has 0 radical (unpaired) electrons. The number of rotatable bonds is 6. The van der Waals surface area contributed by atoms with Gasteiger partial charge in [0.25, 0.3) is 5.91 Å². The SMILES string of the molecule is COc1ccccc1CN(CCO)C(=O)c1cc(C(C)(C)C)nn1C. The minimum atomic E-state index is -0.162. The second kappa shape index (κ2) is 7.70. The zero-order valence-corrected chi connectivity index (χ0v) is 15.6. The van der Waals surface area contributed by atoms with Crippen LogP contribution in [0.25, 0.3) is 0 Å². The predicted octanol–water partition coefficient (Wildman–Crippen LogP) is 2.36. The number of ether oxygens (including phenoxy) is 1. The molecule has 1 aromatic carbocycles. The summed E-state index contributed by atoms with van der Waals surface area (Å²) in [5.74, 6) is 0.559. The summed E-state index contributed by atoms with van der Waals surface area (Å²) in [6.45, 7) is 6.68. The summed E-state index contributed by atoms with van der Waals surface area (Å²) in [6, 6.07) is 9.40. The highest BCUT2D eigenvalue weighted by atomic mass is 16.5. The van der Waals surface area contributed by atoms with Gasteiger partial charge in [-0.15, -0.1) is 0 Å². The lowest BCUT2D eigenvalue weighted by Crippen LogP contribution is -2.34. The van der Waals surface area contributed by atoms with Gasteiger partial charge in [-0.1, -0.05) is 39.0 Å². The van der Waals surface area contributed by atoms with Gasteiger partial charge in [0, 0.05) is 31.1 Å². The standard InChI is InChI=1S/C19H27N3O3/c1-19(2,3)17-12-15(21(4)20-17)18(24)22(10-11-23)13-14-8-6-7-9-16(14)25-5/h6-9,12,23H,10-11,13H2,1-5H3. The van der Waals surface area contributed by atoms with Crippen LogP contribution >= 0.6 is 0 Å². The second-order valence-electron chi connectivity index (χ2n) is 7.05. The van der Waals surface area contributed by atoms with E-state index in [1.807, 2.05) is 30.3 Å². The molecule has 0 aliphatic carbocycles. The first-order valence-electron chi connectivity index (χ1n) is 8.34. The highest BCUT2D eigenvalue weighted by molar-refractivity contribution is 5.92. The number of aryl methyl sites for hydroxylation is 1. The summed E-state index contributed by atoms with van der Waals surface area (Å²) in [4.78, 5) is 14.6. The summed E-state index contributed by atoms with van der Waals surface area (Å²) < 4.78 is 6.97. The third-order valence-electron chi connectivity index (χ3n) is 4.08. The number of hydrogen-bond donors (Lipinski definition) is 1. The van der Waals surface area contributed by atoms with Gasteiger partial charge in [0.2, 0.25) is 0 Å². The Labute approximate surface area is 149 Å². The van der Waals surface area contributed by atoms with Crippen molar-refractivity contribution in [1.29, 1.82) is 0 Å². The zero-order chi connectivity index (χ0) is 18.6. The van der Waals surface area contributed by atoms with Crippen LogP contribution in [0.15, 0.2) is 30.3 Å². The zero-order valence-electron chi connectivity index (χ0n) is 15.6. The molecule has 0 saturated heterocycles. The first-order valence-corrected chi connectivity index (χ1v) is 8.34. The molecule has 6 heteroatoms. The Morgan fingerprint density at radius 2 is 2.00 bits per heavy atom. The largest absolute Gasteiger partial charge is 0.496 e. The number of methoxy groups -OCH3 is 1. The molecule has 25 heavy (non-hydrogen) atoms. The first kappa shape index (κ1) is 19.0. The van der Waals surface area contributed by atoms with Crippen LogP contribution < -0.4 is 4.74 Å². The molecule has 0 bridgehead atoms. The third-order valence-corrected chi connectivity index (χ3v) is 4.08. The third kappa shape index (κ3) is 4.39. The molecule has 2 rings (SSSR count). The summed E-state index contributed by atoms with van der Waals surface area (Å²) in [5.41, 5.74) is 2.12. The molecule has 136 valence electrons. The normalized spacial score (nSPS) is 11.4. The van der Waals surface area contributed by atoms with Gasteiger partial charge >= 0.3 is 0 Å². The Kier molecular flexibility index (Phi) is 5.85. The molecule has 0 unspecified atom stereocenters. The van der Waals surface area contributed by atoms with Crippen LogP contribution in [0.5, 0.6) is 5.75 Å². The van der Waals surface area contributed by atoms with Gasteiger partial charge in [0.15, 0.2) is 0 Å². The van der Waals surface area contributed by atoms with E-state index in [-0.39, 0.29) is 24.5 Å². The van der Waals surface area contributed by atoms with Crippen LogP contribution in [0.4, 0.5) is 0 Å². The lowest BCUT2D eigenvalue weighted by molar-refractivity contribution is 0.0695. The Balaban J connectivity index is 2.31. The van der Waals surface area contributed by atoms with Crippen molar-refractivity contribution in [1.82, 2.24) is 14.7 Å². The van der Waals surface area contributed by atoms with Crippen molar-refractivity contribution < 1.29 is 14.6 Å². The average molecular weight is 345 g/mol. The number of nitrogens with zero attached hydrogens (tertiary/aromatic N) is 3. The first-order chi connectivity index (χ1) is 11.8. The minimum Gasteiger partial charge on any atom is -0.496 e. The van der Waals surface area contributed by atoms with E-state index in [9.17, 15) is 9.90 Å². The number of benzene rings is 1. The molecule has 1 aromatic heterocycles. The quantitative estimate of drug-likeness (QED) is 0.873. The maximum absolute atomic E-state index is 13.0. The van der Waals surface area contributed by atoms with Gasteiger partial charge < -0.3 is 14.7 Å². The van der Waals surface area contributed by atoms with Crippen molar-refractivity contribution in [3.05, 3.63) is 47.3 Å². The van der Waals surface area contributed by atoms with Gasteiger partial charge in [0.1, 0.15) is 11.4 Å². The van der Waals surface area contributed by atoms with Crippen LogP contribution in [0.1, 0.15) is 42.5 Å². The van der Waals surface area contributed by atoms with Crippen LogP contribution in [0, 0.1) is 0 Å². The van der Waals surface area contributed by atoms with Crippen LogP contribution in [0.2, 0.25) is 0 Å². The molecular weight excluding hydrogens is 318 g/mol. The van der Waals surface area contributed by atoms with Gasteiger partial charge in [-0.2, -0.15) is 5.10 Å². The van der Waals surface area contributed by atoms with Crippen molar-refractivity contribution >= 4 is 5.91 Å². The van der Waals surface area contributed by atoms with E-state index in [1.54, 1.807) is 23.7 Å². The average Bonchev–Trinajstić information content (AvgIpc) is 2.96. The monoisotopic (exact) mass is 345 g/mol. The van der Waals surface area contributed by atoms with E-state index in [0.29, 0.717) is 12.2 Å². The summed E-state index contributed by atoms with van der Waals surface area (Å²) in [5, 5.41) is 13.9. The molecule has 1 N–H and O–H groups in total. The van der Waals surface area contributed by atoms with E-state index in [1.165, 1.54) is 0 Å². The highest BCUT2D eigenvalue weighted by Crippen LogP contribution is 2.23. The number of carbonyl (C=O) groups is 1. The molecule has 2 aromatic rings. The van der Waals surface area contributed by atoms with E-state index in [2.05, 4.69) is 25.9 Å². The fourth-order valence-corrected chi connectivity index (χ4v) is 2.61. The molecule has 0 fully saturated rings. The second-order valence-corrected chi connectivity index (χ2v) is 7.05. The molecule has 0 atom stereocenters. The highest BCUT2D eigenvalue weighted by Gasteiger charge is 2.25. The number of aliphatic hydroxyl groups is 1. The summed E-state index contributed by atoms with van der Waals surface area (Å²) in [6.07, 6.45) is 0. The Morgan fingerprint density at radius 1 is 1.32 bits per heavy atom. The molecule has 0 spiro atoms. The van der Waals surface area contributed by atoms with Gasteiger partial charge in [-0.3, -0.25) is 9.48 Å². The lowest BCUT2D eigenvalue weighted by Gasteiger charge is -2.22. The van der Waals surface area contributed by atoms with Crippen LogP contribution in [-0.4, -0.2) is 46.0 Å². The fraction of sp³-hybridized carbons (Fsp3) is 0.474. The van der Waals surface area contributed by atoms with Crippen molar-refractivity contribution in [2.24, 2.45) is 7.05 Å². The van der Waals surface area contributed by atoms with Crippen molar-refractivity contribution in [2.75, 3.05) is 20.3 Å². The minimum absolute atomic E-state index is 0.106. The molecule has 6 nitrogen and oxygen atoms in total. The molecule has 0 saturated carbocycles. The van der Waals surface area contributed by atoms with Crippen molar-refractivity contribution in [3.8, 4) is 5.75 Å². The Hall–Kier alpha value is -2.34. The predicted molar refractivity (Wildman–Crippen MR) is 96.7 cm³/mol. The summed E-state index contributed by atoms with van der Waals surface area (Å²) >= 11 is 0. The van der Waals surface area contributed by atoms with Crippen molar-refractivity contribution in [3.63, 3.8) is 0 Å². The van der Waals surface area contributed by atoms with Crippen LogP contribution in [0.3, 0.4) is 0 Å². The van der Waals surface area contributed by atoms with E-state index < -0.39 is 0 Å². The molecule has 1 heterocycles. The fourth-order valence-electron chi connectivity index (χ4n) is 2.61. The van der Waals surface area contributed by atoms with Gasteiger partial charge in [0.05, 0.1) is 19.4 Å². The number of aliphatic hydroxyl groups excluding tert-OH is 1. The van der Waals surface area contributed by atoms with Crippen LogP contribution in [-0.2, 0) is 19.0 Å². The maximum atomic E-state index is 13.0. The number of hydrogen-bond acceptors (Lipinski definition) is 4. The molecule has 1 amide bonds. The van der Waals surface area contributed by atoms with Crippen molar-refractivity contribution in [2.45, 2.75) is 32.7 Å². The number of carbonyl (C=O) groups excluding carboxylic acids is 1. The number of para-hydroxylation sites is 1. The Bertz CT molecular complexity index is 732. The smallest absolute Gasteiger partial charge is 0.272 e. The van der Waals surface area contributed by atoms with E-state index >= 15 is 0 Å². The number of aromatic nitrogens is 2. The Morgan fingerprint density at radius 3 is 2.56 bits per heavy atom. The number of amides is 1. The maximum Gasteiger partial charge on any atom is 0.272 e. The van der Waals surface area contributed by atoms with E-state index in [0.717, 1.165) is 17.0 Å². The summed E-state index contributed by atoms with van der Waals surface area (Å²) in [7, 11) is 3.37. The molecule has 0 aliphatic heterocycles. The van der Waals surface area contributed by atoms with Gasteiger partial charge in [-0.25, -0.2) is 0 Å².